The summed E-state index contributed by atoms with van der Waals surface area (Å²) in [7, 11) is 0. The molecule has 0 atom stereocenters. The van der Waals surface area contributed by atoms with Crippen LogP contribution in [0.4, 0.5) is 0 Å². The van der Waals surface area contributed by atoms with E-state index in [1.165, 1.54) is 64.2 Å². The highest BCUT2D eigenvalue weighted by molar-refractivity contribution is 4.92. The number of rotatable bonds is 14. The molecule has 0 saturated heterocycles. The van der Waals surface area contributed by atoms with Crippen LogP contribution in [0.3, 0.4) is 0 Å². The van der Waals surface area contributed by atoms with E-state index >= 15 is 0 Å². The average molecular weight is 266 g/mol. The van der Waals surface area contributed by atoms with E-state index in [0.29, 0.717) is 6.61 Å². The summed E-state index contributed by atoms with van der Waals surface area (Å²) in [6, 6.07) is 0. The Balaban J connectivity index is 3.07. The zero-order chi connectivity index (χ0) is 14.0. The number of hydrogen-bond donors (Lipinski definition) is 1. The van der Waals surface area contributed by atoms with Gasteiger partial charge in [0.15, 0.2) is 0 Å². The highest BCUT2D eigenvalue weighted by Crippen LogP contribution is 2.09. The standard InChI is InChI=1S/C18H34O/c1-2-3-4-5-6-7-8-9-10-11-12-13-14-15-16-17-18-19/h4-5,7-8,19H,2-3,6,9-18H2,1H3/b5-4+,8-7+. The second-order valence-electron chi connectivity index (χ2n) is 5.31. The molecule has 0 amide bonds. The molecule has 0 bridgehead atoms. The molecule has 112 valence electrons. The van der Waals surface area contributed by atoms with Crippen molar-refractivity contribution in [3.8, 4) is 0 Å². The van der Waals surface area contributed by atoms with Crippen molar-refractivity contribution in [1.29, 1.82) is 0 Å². The second-order valence-corrected chi connectivity index (χ2v) is 5.31. The maximum absolute atomic E-state index is 8.66. The summed E-state index contributed by atoms with van der Waals surface area (Å²) >= 11 is 0. The molecule has 19 heavy (non-hydrogen) atoms. The lowest BCUT2D eigenvalue weighted by molar-refractivity contribution is 0.282. The summed E-state index contributed by atoms with van der Waals surface area (Å²) in [5.74, 6) is 0. The zero-order valence-corrected chi connectivity index (χ0v) is 12.9. The molecule has 0 rings (SSSR count). The summed E-state index contributed by atoms with van der Waals surface area (Å²) in [4.78, 5) is 0. The molecule has 1 N–H and O–H groups in total. The van der Waals surface area contributed by atoms with Crippen LogP contribution in [0.25, 0.3) is 0 Å². The summed E-state index contributed by atoms with van der Waals surface area (Å²) in [5, 5.41) is 8.66. The van der Waals surface area contributed by atoms with Crippen molar-refractivity contribution in [1.82, 2.24) is 0 Å². The molecule has 1 nitrogen and oxygen atoms in total. The Bertz CT molecular complexity index is 206. The molecule has 0 unspecified atom stereocenters. The number of allylic oxidation sites excluding steroid dienone is 4. The van der Waals surface area contributed by atoms with Crippen LogP contribution in [-0.2, 0) is 0 Å². The molecule has 0 radical (unpaired) electrons. The second kappa shape index (κ2) is 17.4. The maximum atomic E-state index is 8.66. The molecule has 0 aliphatic heterocycles. The minimum atomic E-state index is 0.361. The Labute approximate surface area is 120 Å². The lowest BCUT2D eigenvalue weighted by atomic mass is 10.1. The number of hydrogen-bond acceptors (Lipinski definition) is 1. The average Bonchev–Trinajstić information content (AvgIpc) is 2.43. The smallest absolute Gasteiger partial charge is 0.0431 e. The summed E-state index contributed by atoms with van der Waals surface area (Å²) in [6.07, 6.45) is 24.3. The van der Waals surface area contributed by atoms with Crippen molar-refractivity contribution < 1.29 is 5.11 Å². The van der Waals surface area contributed by atoms with Gasteiger partial charge in [0.05, 0.1) is 0 Å². The molecular weight excluding hydrogens is 232 g/mol. The third-order valence-corrected chi connectivity index (χ3v) is 3.34. The van der Waals surface area contributed by atoms with Crippen LogP contribution in [0.2, 0.25) is 0 Å². The lowest BCUT2D eigenvalue weighted by Gasteiger charge is -2.00. The molecule has 0 aromatic carbocycles. The molecule has 0 aliphatic rings. The Morgan fingerprint density at radius 2 is 1.16 bits per heavy atom. The molecule has 0 saturated carbocycles. The minimum Gasteiger partial charge on any atom is -0.396 e. The van der Waals surface area contributed by atoms with Gasteiger partial charge in [0.2, 0.25) is 0 Å². The van der Waals surface area contributed by atoms with Gasteiger partial charge in [0, 0.05) is 6.61 Å². The monoisotopic (exact) mass is 266 g/mol. The van der Waals surface area contributed by atoms with E-state index in [-0.39, 0.29) is 0 Å². The molecule has 0 aromatic rings. The van der Waals surface area contributed by atoms with Crippen molar-refractivity contribution >= 4 is 0 Å². The predicted octanol–water partition coefficient (Wildman–Crippen LogP) is 5.79. The van der Waals surface area contributed by atoms with Crippen molar-refractivity contribution in [3.05, 3.63) is 24.3 Å². The van der Waals surface area contributed by atoms with Gasteiger partial charge in [0.1, 0.15) is 0 Å². The van der Waals surface area contributed by atoms with Gasteiger partial charge < -0.3 is 5.11 Å². The fraction of sp³-hybridized carbons (Fsp3) is 0.778. The van der Waals surface area contributed by atoms with Crippen molar-refractivity contribution in [3.63, 3.8) is 0 Å². The zero-order valence-electron chi connectivity index (χ0n) is 12.9. The predicted molar refractivity (Wildman–Crippen MR) is 86.4 cm³/mol. The topological polar surface area (TPSA) is 20.2 Å². The van der Waals surface area contributed by atoms with E-state index in [0.717, 1.165) is 12.8 Å². The molecule has 0 spiro atoms. The molecule has 0 heterocycles. The molecular formula is C18H34O. The first kappa shape index (κ1) is 18.4. The largest absolute Gasteiger partial charge is 0.396 e. The normalized spacial score (nSPS) is 11.9. The first-order chi connectivity index (χ1) is 9.41. The summed E-state index contributed by atoms with van der Waals surface area (Å²) < 4.78 is 0. The minimum absolute atomic E-state index is 0.361. The molecule has 0 aliphatic carbocycles. The fourth-order valence-electron chi connectivity index (χ4n) is 2.11. The first-order valence-corrected chi connectivity index (χ1v) is 8.32. The van der Waals surface area contributed by atoms with Gasteiger partial charge in [-0.05, 0) is 32.1 Å². The Kier molecular flexibility index (Phi) is 16.9. The van der Waals surface area contributed by atoms with E-state index in [1.807, 2.05) is 0 Å². The Morgan fingerprint density at radius 1 is 0.632 bits per heavy atom. The molecule has 0 fully saturated rings. The van der Waals surface area contributed by atoms with Crippen LogP contribution in [-0.4, -0.2) is 11.7 Å². The highest BCUT2D eigenvalue weighted by atomic mass is 16.2. The van der Waals surface area contributed by atoms with Gasteiger partial charge in [-0.25, -0.2) is 0 Å². The van der Waals surface area contributed by atoms with Crippen molar-refractivity contribution in [2.75, 3.05) is 6.61 Å². The van der Waals surface area contributed by atoms with Crippen molar-refractivity contribution in [2.45, 2.75) is 84.0 Å². The first-order valence-electron chi connectivity index (χ1n) is 8.32. The van der Waals surface area contributed by atoms with Crippen LogP contribution in [0.1, 0.15) is 84.0 Å². The van der Waals surface area contributed by atoms with Gasteiger partial charge in [-0.3, -0.25) is 0 Å². The van der Waals surface area contributed by atoms with E-state index in [1.54, 1.807) is 0 Å². The van der Waals surface area contributed by atoms with Gasteiger partial charge in [0.25, 0.3) is 0 Å². The van der Waals surface area contributed by atoms with Gasteiger partial charge in [-0.15, -0.1) is 0 Å². The van der Waals surface area contributed by atoms with Crippen LogP contribution < -0.4 is 0 Å². The Morgan fingerprint density at radius 3 is 1.74 bits per heavy atom. The fourth-order valence-corrected chi connectivity index (χ4v) is 2.11. The van der Waals surface area contributed by atoms with Crippen LogP contribution in [0.5, 0.6) is 0 Å². The number of aliphatic hydroxyl groups is 1. The van der Waals surface area contributed by atoms with E-state index in [9.17, 15) is 0 Å². The van der Waals surface area contributed by atoms with E-state index < -0.39 is 0 Å². The summed E-state index contributed by atoms with van der Waals surface area (Å²) in [5.41, 5.74) is 0. The third-order valence-electron chi connectivity index (χ3n) is 3.34. The maximum Gasteiger partial charge on any atom is 0.0431 e. The quantitative estimate of drug-likeness (QED) is 0.311. The molecule has 0 aromatic heterocycles. The SMILES string of the molecule is CCC/C=C/C/C=C/CCCCCCCCCCO. The van der Waals surface area contributed by atoms with E-state index in [2.05, 4.69) is 31.2 Å². The lowest BCUT2D eigenvalue weighted by Crippen LogP contribution is -1.84. The van der Waals surface area contributed by atoms with Gasteiger partial charge in [-0.1, -0.05) is 76.2 Å². The Hall–Kier alpha value is -0.560. The van der Waals surface area contributed by atoms with E-state index in [4.69, 9.17) is 5.11 Å². The third kappa shape index (κ3) is 17.4. The van der Waals surface area contributed by atoms with Crippen LogP contribution >= 0.6 is 0 Å². The van der Waals surface area contributed by atoms with Crippen LogP contribution in [0.15, 0.2) is 24.3 Å². The van der Waals surface area contributed by atoms with Crippen LogP contribution in [0, 0.1) is 0 Å². The molecule has 1 heteroatoms. The van der Waals surface area contributed by atoms with Gasteiger partial charge >= 0.3 is 0 Å². The van der Waals surface area contributed by atoms with Gasteiger partial charge in [-0.2, -0.15) is 0 Å². The number of unbranched alkanes of at least 4 members (excludes halogenated alkanes) is 9. The van der Waals surface area contributed by atoms with Crippen molar-refractivity contribution in [2.24, 2.45) is 0 Å². The number of aliphatic hydroxyl groups excluding tert-OH is 1. The highest BCUT2D eigenvalue weighted by Gasteiger charge is 1.91. The summed E-state index contributed by atoms with van der Waals surface area (Å²) in [6.45, 7) is 2.58.